The number of nitrogens with one attached hydrogen (secondary N) is 1. The fraction of sp³-hybridized carbons (Fsp3) is 0.238. The molecule has 5 heteroatoms. The van der Waals surface area contributed by atoms with Gasteiger partial charge in [0.1, 0.15) is 11.4 Å². The van der Waals surface area contributed by atoms with Crippen molar-refractivity contribution in [3.05, 3.63) is 64.9 Å². The van der Waals surface area contributed by atoms with E-state index in [0.29, 0.717) is 23.4 Å². The molecule has 0 saturated carbocycles. The molecule has 0 fully saturated rings. The first-order chi connectivity index (χ1) is 12.4. The highest BCUT2D eigenvalue weighted by Crippen LogP contribution is 2.31. The molecule has 2 aromatic carbocycles. The first-order valence-electron chi connectivity index (χ1n) is 8.56. The van der Waals surface area contributed by atoms with E-state index in [1.54, 1.807) is 24.3 Å². The lowest BCUT2D eigenvalue weighted by atomic mass is 10.0. The van der Waals surface area contributed by atoms with Gasteiger partial charge < -0.3 is 10.1 Å². The first kappa shape index (κ1) is 17.7. The van der Waals surface area contributed by atoms with Gasteiger partial charge in [0.2, 0.25) is 0 Å². The lowest BCUT2D eigenvalue weighted by Gasteiger charge is -2.12. The minimum absolute atomic E-state index is 0.301. The molecule has 26 heavy (non-hydrogen) atoms. The zero-order valence-electron chi connectivity index (χ0n) is 15.4. The summed E-state index contributed by atoms with van der Waals surface area (Å²) in [6.45, 7) is 6.43. The van der Waals surface area contributed by atoms with E-state index in [9.17, 15) is 9.59 Å². The van der Waals surface area contributed by atoms with Gasteiger partial charge in [0.05, 0.1) is 12.2 Å². The average Bonchev–Trinajstić information content (AvgIpc) is 2.83. The van der Waals surface area contributed by atoms with Gasteiger partial charge in [0.15, 0.2) is 0 Å². The van der Waals surface area contributed by atoms with Crippen LogP contribution in [-0.4, -0.2) is 30.4 Å². The quantitative estimate of drug-likeness (QED) is 0.838. The number of likely N-dealkylation sites (N-methyl/N-ethyl adjacent to an activating group) is 1. The molecule has 0 saturated heterocycles. The number of hydrogen-bond donors (Lipinski definition) is 1. The summed E-state index contributed by atoms with van der Waals surface area (Å²) < 4.78 is 5.45. The van der Waals surface area contributed by atoms with Crippen molar-refractivity contribution < 1.29 is 14.3 Å². The van der Waals surface area contributed by atoms with Crippen LogP contribution in [0.15, 0.2) is 48.2 Å². The van der Waals surface area contributed by atoms with Crippen LogP contribution < -0.4 is 10.1 Å². The Morgan fingerprint density at radius 2 is 1.69 bits per heavy atom. The largest absolute Gasteiger partial charge is 0.494 e. The maximum atomic E-state index is 12.7. The zero-order chi connectivity index (χ0) is 18.8. The highest BCUT2D eigenvalue weighted by atomic mass is 16.5. The number of ether oxygens (including phenoxy) is 1. The van der Waals surface area contributed by atoms with E-state index in [1.165, 1.54) is 7.05 Å². The summed E-state index contributed by atoms with van der Waals surface area (Å²) in [5.74, 6) is 0.0813. The summed E-state index contributed by atoms with van der Waals surface area (Å²) in [6.07, 6.45) is 0. The van der Waals surface area contributed by atoms with Crippen LogP contribution in [0.5, 0.6) is 5.75 Å². The Bertz CT molecular complexity index is 898. The van der Waals surface area contributed by atoms with Gasteiger partial charge in [-0.15, -0.1) is 0 Å². The number of benzene rings is 2. The van der Waals surface area contributed by atoms with Gasteiger partial charge in [-0.1, -0.05) is 24.3 Å². The molecule has 0 spiro atoms. The van der Waals surface area contributed by atoms with Gasteiger partial charge in [0.25, 0.3) is 11.8 Å². The van der Waals surface area contributed by atoms with Crippen LogP contribution in [0.3, 0.4) is 0 Å². The molecule has 1 N–H and O–H groups in total. The third-order valence-electron chi connectivity index (χ3n) is 4.39. The SMILES string of the molecule is CCOc1ccc(C2=C(Nc3cc(C)ccc3C)C(=O)N(C)C2=O)cc1. The maximum Gasteiger partial charge on any atom is 0.277 e. The van der Waals surface area contributed by atoms with Gasteiger partial charge in [-0.3, -0.25) is 14.5 Å². The van der Waals surface area contributed by atoms with Gasteiger partial charge in [0, 0.05) is 12.7 Å². The lowest BCUT2D eigenvalue weighted by Crippen LogP contribution is -2.28. The summed E-state index contributed by atoms with van der Waals surface area (Å²) in [6, 6.07) is 13.2. The molecule has 1 aliphatic heterocycles. The van der Waals surface area contributed by atoms with Crippen LogP contribution in [0.25, 0.3) is 5.57 Å². The van der Waals surface area contributed by atoms with E-state index in [-0.39, 0.29) is 11.8 Å². The maximum absolute atomic E-state index is 12.7. The zero-order valence-corrected chi connectivity index (χ0v) is 15.4. The first-order valence-corrected chi connectivity index (χ1v) is 8.56. The number of hydrogen-bond acceptors (Lipinski definition) is 4. The van der Waals surface area contributed by atoms with Gasteiger partial charge in [-0.25, -0.2) is 0 Å². The Balaban J connectivity index is 2.05. The van der Waals surface area contributed by atoms with E-state index in [0.717, 1.165) is 27.5 Å². The van der Waals surface area contributed by atoms with Crippen molar-refractivity contribution in [1.82, 2.24) is 4.90 Å². The summed E-state index contributed by atoms with van der Waals surface area (Å²) in [7, 11) is 1.50. The standard InChI is InChI=1S/C21H22N2O3/c1-5-26-16-10-8-15(9-11-16)18-19(21(25)23(4)20(18)24)22-17-12-13(2)6-7-14(17)3/h6-12,22H,5H2,1-4H3. The Kier molecular flexibility index (Phi) is 4.80. The molecular weight excluding hydrogens is 328 g/mol. The predicted octanol–water partition coefficient (Wildman–Crippen LogP) is 3.52. The van der Waals surface area contributed by atoms with E-state index in [4.69, 9.17) is 4.74 Å². The lowest BCUT2D eigenvalue weighted by molar-refractivity contribution is -0.135. The topological polar surface area (TPSA) is 58.6 Å². The highest BCUT2D eigenvalue weighted by Gasteiger charge is 2.36. The molecule has 0 bridgehead atoms. The summed E-state index contributed by atoms with van der Waals surface area (Å²) >= 11 is 0. The number of imide groups is 1. The summed E-state index contributed by atoms with van der Waals surface area (Å²) in [5, 5.41) is 3.19. The molecule has 3 rings (SSSR count). The second-order valence-corrected chi connectivity index (χ2v) is 6.32. The third-order valence-corrected chi connectivity index (χ3v) is 4.39. The number of aryl methyl sites for hydroxylation is 2. The van der Waals surface area contributed by atoms with E-state index in [2.05, 4.69) is 5.32 Å². The molecule has 1 aliphatic rings. The molecule has 134 valence electrons. The molecule has 0 atom stereocenters. The molecule has 2 amide bonds. The molecule has 0 unspecified atom stereocenters. The molecule has 0 aromatic heterocycles. The van der Waals surface area contributed by atoms with E-state index < -0.39 is 0 Å². The minimum Gasteiger partial charge on any atom is -0.494 e. The smallest absolute Gasteiger partial charge is 0.277 e. The van der Waals surface area contributed by atoms with E-state index in [1.807, 2.05) is 39.0 Å². The fourth-order valence-corrected chi connectivity index (χ4v) is 2.91. The third kappa shape index (κ3) is 3.20. The molecular formula is C21H22N2O3. The van der Waals surface area contributed by atoms with Crippen LogP contribution in [-0.2, 0) is 9.59 Å². The molecule has 0 aliphatic carbocycles. The number of nitrogens with zero attached hydrogens (tertiary/aromatic N) is 1. The van der Waals surface area contributed by atoms with Crippen LogP contribution >= 0.6 is 0 Å². The number of carbonyl (C=O) groups excluding carboxylic acids is 2. The van der Waals surface area contributed by atoms with Crippen LogP contribution in [0.4, 0.5) is 5.69 Å². The van der Waals surface area contributed by atoms with Crippen molar-refractivity contribution in [2.24, 2.45) is 0 Å². The average molecular weight is 350 g/mol. The second-order valence-electron chi connectivity index (χ2n) is 6.32. The van der Waals surface area contributed by atoms with Gasteiger partial charge >= 0.3 is 0 Å². The Hall–Kier alpha value is -3.08. The highest BCUT2D eigenvalue weighted by molar-refractivity contribution is 6.36. The monoisotopic (exact) mass is 350 g/mol. The van der Waals surface area contributed by atoms with Crippen molar-refractivity contribution in [3.63, 3.8) is 0 Å². The van der Waals surface area contributed by atoms with Gasteiger partial charge in [-0.05, 0) is 55.7 Å². The van der Waals surface area contributed by atoms with Crippen molar-refractivity contribution in [2.75, 3.05) is 19.0 Å². The fourth-order valence-electron chi connectivity index (χ4n) is 2.91. The number of amides is 2. The van der Waals surface area contributed by atoms with Crippen LogP contribution in [0, 0.1) is 13.8 Å². The normalized spacial score (nSPS) is 14.2. The van der Waals surface area contributed by atoms with E-state index >= 15 is 0 Å². The Morgan fingerprint density at radius 3 is 2.35 bits per heavy atom. The molecule has 1 heterocycles. The van der Waals surface area contributed by atoms with Gasteiger partial charge in [-0.2, -0.15) is 0 Å². The number of carbonyl (C=O) groups is 2. The minimum atomic E-state index is -0.334. The Labute approximate surface area is 153 Å². The number of anilines is 1. The summed E-state index contributed by atoms with van der Waals surface area (Å²) in [5.41, 5.74) is 4.26. The van der Waals surface area contributed by atoms with Crippen LogP contribution in [0.2, 0.25) is 0 Å². The number of rotatable bonds is 5. The van der Waals surface area contributed by atoms with Crippen LogP contribution in [0.1, 0.15) is 23.6 Å². The van der Waals surface area contributed by atoms with Crippen molar-refractivity contribution >= 4 is 23.1 Å². The molecule has 2 aromatic rings. The van der Waals surface area contributed by atoms with Crippen molar-refractivity contribution in [3.8, 4) is 5.75 Å². The molecule has 5 nitrogen and oxygen atoms in total. The van der Waals surface area contributed by atoms with Crippen molar-refractivity contribution in [1.29, 1.82) is 0 Å². The summed E-state index contributed by atoms with van der Waals surface area (Å²) in [4.78, 5) is 26.4. The Morgan fingerprint density at radius 1 is 1.00 bits per heavy atom. The molecule has 0 radical (unpaired) electrons. The predicted molar refractivity (Wildman–Crippen MR) is 102 cm³/mol. The second kappa shape index (κ2) is 7.04. The van der Waals surface area contributed by atoms with Crippen molar-refractivity contribution in [2.45, 2.75) is 20.8 Å².